The molecule has 0 radical (unpaired) electrons. The van der Waals surface area contributed by atoms with Crippen LogP contribution in [0, 0.1) is 0 Å². The van der Waals surface area contributed by atoms with E-state index in [1.54, 1.807) is 36.4 Å². The molecule has 0 unspecified atom stereocenters. The van der Waals surface area contributed by atoms with E-state index in [-0.39, 0.29) is 30.4 Å². The van der Waals surface area contributed by atoms with Gasteiger partial charge in [0.15, 0.2) is 12.4 Å². The molecule has 0 aliphatic carbocycles. The molecule has 0 heterocycles. The summed E-state index contributed by atoms with van der Waals surface area (Å²) < 4.78 is 5.39. The molecule has 0 spiro atoms. The monoisotopic (exact) mass is 368 g/mol. The summed E-state index contributed by atoms with van der Waals surface area (Å²) in [4.78, 5) is 35.8. The molecule has 2 amide bonds. The molecule has 0 saturated carbocycles. The van der Waals surface area contributed by atoms with Crippen molar-refractivity contribution in [1.29, 1.82) is 0 Å². The Morgan fingerprint density at radius 1 is 0.852 bits per heavy atom. The molecule has 0 atom stereocenters. The van der Waals surface area contributed by atoms with Crippen molar-refractivity contribution in [3.8, 4) is 5.75 Å². The molecule has 0 aliphatic rings. The molecule has 2 aromatic rings. The van der Waals surface area contributed by atoms with Crippen molar-refractivity contribution >= 4 is 17.6 Å². The Labute approximate surface area is 158 Å². The van der Waals surface area contributed by atoms with Gasteiger partial charge in [-0.25, -0.2) is 0 Å². The van der Waals surface area contributed by atoms with E-state index in [1.807, 2.05) is 39.0 Å². The first-order valence-electron chi connectivity index (χ1n) is 8.65. The van der Waals surface area contributed by atoms with Gasteiger partial charge in [-0.1, -0.05) is 30.3 Å². The molecule has 142 valence electrons. The van der Waals surface area contributed by atoms with E-state index in [0.29, 0.717) is 16.9 Å². The SMILES string of the molecule is CC(C)(C)NC(=O)CNC(=O)COc1ccc(C(=O)c2ccccc2)cc1. The van der Waals surface area contributed by atoms with Crippen LogP contribution in [0.5, 0.6) is 5.75 Å². The van der Waals surface area contributed by atoms with Gasteiger partial charge >= 0.3 is 0 Å². The van der Waals surface area contributed by atoms with E-state index < -0.39 is 5.91 Å². The van der Waals surface area contributed by atoms with Crippen LogP contribution in [0.1, 0.15) is 36.7 Å². The maximum Gasteiger partial charge on any atom is 0.258 e. The Hall–Kier alpha value is -3.15. The van der Waals surface area contributed by atoms with Crippen LogP contribution in [-0.4, -0.2) is 36.3 Å². The van der Waals surface area contributed by atoms with Crippen LogP contribution in [0.15, 0.2) is 54.6 Å². The van der Waals surface area contributed by atoms with Crippen LogP contribution < -0.4 is 15.4 Å². The van der Waals surface area contributed by atoms with Crippen molar-refractivity contribution in [1.82, 2.24) is 10.6 Å². The molecular formula is C21H24N2O4. The molecule has 0 fully saturated rings. The Kier molecular flexibility index (Phi) is 6.71. The molecule has 0 aromatic heterocycles. The second-order valence-electron chi connectivity index (χ2n) is 7.08. The van der Waals surface area contributed by atoms with Crippen LogP contribution in [0.3, 0.4) is 0 Å². The smallest absolute Gasteiger partial charge is 0.258 e. The lowest BCUT2D eigenvalue weighted by Gasteiger charge is -2.20. The summed E-state index contributed by atoms with van der Waals surface area (Å²) in [5.41, 5.74) is 0.799. The number of ether oxygens (including phenoxy) is 1. The Bertz CT molecular complexity index is 793. The van der Waals surface area contributed by atoms with Gasteiger partial charge in [0.25, 0.3) is 5.91 Å². The average Bonchev–Trinajstić information content (AvgIpc) is 2.64. The molecule has 2 N–H and O–H groups in total. The maximum absolute atomic E-state index is 12.3. The van der Waals surface area contributed by atoms with Gasteiger partial charge in [-0.05, 0) is 45.0 Å². The summed E-state index contributed by atoms with van der Waals surface area (Å²) in [6.07, 6.45) is 0. The zero-order valence-corrected chi connectivity index (χ0v) is 15.7. The molecule has 0 bridgehead atoms. The number of carbonyl (C=O) groups is 3. The lowest BCUT2D eigenvalue weighted by atomic mass is 10.0. The average molecular weight is 368 g/mol. The fourth-order valence-corrected chi connectivity index (χ4v) is 2.30. The van der Waals surface area contributed by atoms with Gasteiger partial charge in [0, 0.05) is 16.7 Å². The number of rotatable bonds is 7. The molecule has 0 aliphatic heterocycles. The summed E-state index contributed by atoms with van der Waals surface area (Å²) in [6, 6.07) is 15.6. The van der Waals surface area contributed by atoms with E-state index in [1.165, 1.54) is 0 Å². The van der Waals surface area contributed by atoms with Gasteiger partial charge in [0.2, 0.25) is 5.91 Å². The van der Waals surface area contributed by atoms with Crippen LogP contribution in [0.2, 0.25) is 0 Å². The fraction of sp³-hybridized carbons (Fsp3) is 0.286. The van der Waals surface area contributed by atoms with Crippen molar-refractivity contribution in [2.45, 2.75) is 26.3 Å². The highest BCUT2D eigenvalue weighted by Gasteiger charge is 2.14. The van der Waals surface area contributed by atoms with Gasteiger partial charge in [0.1, 0.15) is 5.75 Å². The molecule has 2 aromatic carbocycles. The topological polar surface area (TPSA) is 84.5 Å². The minimum Gasteiger partial charge on any atom is -0.484 e. The fourth-order valence-electron chi connectivity index (χ4n) is 2.30. The van der Waals surface area contributed by atoms with Crippen molar-refractivity contribution < 1.29 is 19.1 Å². The standard InChI is InChI=1S/C21H24N2O4/c1-21(2,3)23-18(24)13-22-19(25)14-27-17-11-9-16(10-12-17)20(26)15-7-5-4-6-8-15/h4-12H,13-14H2,1-3H3,(H,22,25)(H,23,24). The lowest BCUT2D eigenvalue weighted by Crippen LogP contribution is -2.46. The molecular weight excluding hydrogens is 344 g/mol. The van der Waals surface area contributed by atoms with Crippen molar-refractivity contribution in [2.24, 2.45) is 0 Å². The highest BCUT2D eigenvalue weighted by atomic mass is 16.5. The quantitative estimate of drug-likeness (QED) is 0.735. The molecule has 27 heavy (non-hydrogen) atoms. The first-order chi connectivity index (χ1) is 12.7. The second-order valence-corrected chi connectivity index (χ2v) is 7.08. The molecule has 6 nitrogen and oxygen atoms in total. The number of ketones is 1. The van der Waals surface area contributed by atoms with Crippen molar-refractivity contribution in [3.63, 3.8) is 0 Å². The highest BCUT2D eigenvalue weighted by molar-refractivity contribution is 6.09. The lowest BCUT2D eigenvalue weighted by molar-refractivity contribution is -0.127. The first kappa shape index (κ1) is 20.2. The highest BCUT2D eigenvalue weighted by Crippen LogP contribution is 2.15. The number of hydrogen-bond acceptors (Lipinski definition) is 4. The largest absolute Gasteiger partial charge is 0.484 e. The van der Waals surface area contributed by atoms with Crippen molar-refractivity contribution in [3.05, 3.63) is 65.7 Å². The van der Waals surface area contributed by atoms with E-state index in [4.69, 9.17) is 4.74 Å². The maximum atomic E-state index is 12.3. The van der Waals surface area contributed by atoms with Gasteiger partial charge in [-0.3, -0.25) is 14.4 Å². The molecule has 2 rings (SSSR count). The van der Waals surface area contributed by atoms with Crippen LogP contribution >= 0.6 is 0 Å². The van der Waals surface area contributed by atoms with Crippen LogP contribution in [0.25, 0.3) is 0 Å². The zero-order chi connectivity index (χ0) is 19.9. The Morgan fingerprint density at radius 2 is 1.44 bits per heavy atom. The number of amides is 2. The van der Waals surface area contributed by atoms with E-state index in [2.05, 4.69) is 10.6 Å². The first-order valence-corrected chi connectivity index (χ1v) is 8.65. The Morgan fingerprint density at radius 3 is 2.04 bits per heavy atom. The predicted molar refractivity (Wildman–Crippen MR) is 103 cm³/mol. The third-order valence-corrected chi connectivity index (χ3v) is 3.48. The predicted octanol–water partition coefficient (Wildman–Crippen LogP) is 2.33. The second kappa shape index (κ2) is 8.98. The summed E-state index contributed by atoms with van der Waals surface area (Å²) in [5.74, 6) is -0.276. The van der Waals surface area contributed by atoms with Gasteiger partial charge in [0.05, 0.1) is 6.54 Å². The Balaban J connectivity index is 1.80. The number of hydrogen-bond donors (Lipinski definition) is 2. The molecule has 0 saturated heterocycles. The van der Waals surface area contributed by atoms with Gasteiger partial charge in [-0.15, -0.1) is 0 Å². The molecule has 6 heteroatoms. The normalized spacial score (nSPS) is 10.8. The van der Waals surface area contributed by atoms with Gasteiger partial charge < -0.3 is 15.4 Å². The van der Waals surface area contributed by atoms with Crippen LogP contribution in [0.4, 0.5) is 0 Å². The number of carbonyl (C=O) groups excluding carboxylic acids is 3. The van der Waals surface area contributed by atoms with E-state index in [0.717, 1.165) is 0 Å². The third-order valence-electron chi connectivity index (χ3n) is 3.48. The van der Waals surface area contributed by atoms with E-state index in [9.17, 15) is 14.4 Å². The number of nitrogens with one attached hydrogen (secondary N) is 2. The summed E-state index contributed by atoms with van der Waals surface area (Å²) >= 11 is 0. The zero-order valence-electron chi connectivity index (χ0n) is 15.7. The summed E-state index contributed by atoms with van der Waals surface area (Å²) in [7, 11) is 0. The minimum atomic E-state index is -0.400. The summed E-state index contributed by atoms with van der Waals surface area (Å²) in [5, 5.41) is 5.25. The third kappa shape index (κ3) is 6.93. The van der Waals surface area contributed by atoms with Crippen molar-refractivity contribution in [2.75, 3.05) is 13.2 Å². The van der Waals surface area contributed by atoms with Gasteiger partial charge in [-0.2, -0.15) is 0 Å². The van der Waals surface area contributed by atoms with Crippen LogP contribution in [-0.2, 0) is 9.59 Å². The summed E-state index contributed by atoms with van der Waals surface area (Å²) in [6.45, 7) is 5.27. The van der Waals surface area contributed by atoms with E-state index >= 15 is 0 Å². The minimum absolute atomic E-state index is 0.0789. The number of benzene rings is 2.